The monoisotopic (exact) mass is 266 g/mol. The van der Waals surface area contributed by atoms with Crippen molar-refractivity contribution in [2.45, 2.75) is 53.4 Å². The molecular weight excluding hydrogens is 240 g/mol. The molecule has 0 spiro atoms. The van der Waals surface area contributed by atoms with Crippen molar-refractivity contribution < 1.29 is 0 Å². The van der Waals surface area contributed by atoms with Crippen molar-refractivity contribution in [2.24, 2.45) is 0 Å². The summed E-state index contributed by atoms with van der Waals surface area (Å²) in [4.78, 5) is 0. The van der Waals surface area contributed by atoms with Gasteiger partial charge in [-0.2, -0.15) is 0 Å². The second-order valence-corrected chi connectivity index (χ2v) is 5.68. The van der Waals surface area contributed by atoms with E-state index in [0.717, 1.165) is 0 Å². The van der Waals surface area contributed by atoms with Crippen LogP contribution in [0.25, 0.3) is 11.1 Å². The highest BCUT2D eigenvalue weighted by atomic mass is 14.2. The fraction of sp³-hybridized carbons (Fsp3) is 0.400. The van der Waals surface area contributed by atoms with Crippen LogP contribution in [0.3, 0.4) is 0 Å². The topological polar surface area (TPSA) is 0 Å². The zero-order valence-electron chi connectivity index (χ0n) is 13.3. The van der Waals surface area contributed by atoms with E-state index in [-0.39, 0.29) is 0 Å². The maximum absolute atomic E-state index is 2.44. The highest BCUT2D eigenvalue weighted by Crippen LogP contribution is 2.31. The molecule has 2 aromatic carbocycles. The van der Waals surface area contributed by atoms with Crippen molar-refractivity contribution in [3.8, 4) is 11.1 Å². The fourth-order valence-electron chi connectivity index (χ4n) is 3.05. The van der Waals surface area contributed by atoms with Crippen LogP contribution >= 0.6 is 0 Å². The van der Waals surface area contributed by atoms with E-state index in [4.69, 9.17) is 0 Å². The van der Waals surface area contributed by atoms with Crippen LogP contribution in [0.1, 0.15) is 48.9 Å². The molecule has 0 aliphatic rings. The van der Waals surface area contributed by atoms with E-state index in [1.165, 1.54) is 47.9 Å². The van der Waals surface area contributed by atoms with Crippen molar-refractivity contribution in [3.63, 3.8) is 0 Å². The third-order valence-corrected chi connectivity index (χ3v) is 4.23. The minimum absolute atomic E-state index is 1.19. The molecule has 0 bridgehead atoms. The number of aryl methyl sites for hydroxylation is 1. The first-order valence-electron chi connectivity index (χ1n) is 7.86. The molecule has 2 rings (SSSR count). The first-order valence-corrected chi connectivity index (χ1v) is 7.86. The summed E-state index contributed by atoms with van der Waals surface area (Å²) in [5.74, 6) is 0. The summed E-state index contributed by atoms with van der Waals surface area (Å²) < 4.78 is 0. The minimum atomic E-state index is 1.19. The summed E-state index contributed by atoms with van der Waals surface area (Å²) in [6.07, 6.45) is 4.84. The Morgan fingerprint density at radius 1 is 0.800 bits per heavy atom. The molecule has 106 valence electrons. The smallest absolute Gasteiger partial charge is 0.0149 e. The standard InChI is InChI=1S/C20H26/c1-5-10-18-14-20(17-12-8-7-9-13-17)16(4)15(3)19(18)11-6-2/h7-9,12-14H,5-6,10-11H2,1-4H3. The van der Waals surface area contributed by atoms with Crippen molar-refractivity contribution >= 4 is 0 Å². The lowest BCUT2D eigenvalue weighted by Gasteiger charge is -2.18. The molecule has 20 heavy (non-hydrogen) atoms. The summed E-state index contributed by atoms with van der Waals surface area (Å²) in [6, 6.07) is 13.2. The molecular formula is C20H26. The van der Waals surface area contributed by atoms with Crippen LogP contribution in [0, 0.1) is 13.8 Å². The molecule has 2 aromatic rings. The van der Waals surface area contributed by atoms with Gasteiger partial charge in [0.1, 0.15) is 0 Å². The highest BCUT2D eigenvalue weighted by molar-refractivity contribution is 5.70. The Bertz CT molecular complexity index is 564. The van der Waals surface area contributed by atoms with Crippen molar-refractivity contribution in [3.05, 3.63) is 58.7 Å². The summed E-state index contributed by atoms with van der Waals surface area (Å²) in [5.41, 5.74) is 8.83. The Balaban J connectivity index is 2.59. The maximum atomic E-state index is 2.44. The van der Waals surface area contributed by atoms with Crippen LogP contribution < -0.4 is 0 Å². The van der Waals surface area contributed by atoms with Gasteiger partial charge in [-0.05, 0) is 60.1 Å². The lowest BCUT2D eigenvalue weighted by Crippen LogP contribution is -2.02. The van der Waals surface area contributed by atoms with E-state index in [2.05, 4.69) is 64.1 Å². The molecule has 0 amide bonds. The molecule has 0 atom stereocenters. The van der Waals surface area contributed by atoms with E-state index >= 15 is 0 Å². The molecule has 0 heteroatoms. The second-order valence-electron chi connectivity index (χ2n) is 5.68. The Kier molecular flexibility index (Phi) is 5.00. The molecule has 0 heterocycles. The average Bonchev–Trinajstić information content (AvgIpc) is 2.48. The van der Waals surface area contributed by atoms with Crippen LogP contribution in [0.4, 0.5) is 0 Å². The van der Waals surface area contributed by atoms with E-state index in [0.29, 0.717) is 0 Å². The predicted molar refractivity (Wildman–Crippen MR) is 89.3 cm³/mol. The fourth-order valence-corrected chi connectivity index (χ4v) is 3.05. The molecule has 0 saturated heterocycles. The largest absolute Gasteiger partial charge is 0.0651 e. The van der Waals surface area contributed by atoms with Crippen LogP contribution in [-0.4, -0.2) is 0 Å². The number of hydrogen-bond acceptors (Lipinski definition) is 0. The van der Waals surface area contributed by atoms with Crippen LogP contribution in [0.2, 0.25) is 0 Å². The molecule has 0 N–H and O–H groups in total. The van der Waals surface area contributed by atoms with Gasteiger partial charge in [-0.1, -0.05) is 63.1 Å². The van der Waals surface area contributed by atoms with Crippen molar-refractivity contribution in [1.82, 2.24) is 0 Å². The highest BCUT2D eigenvalue weighted by Gasteiger charge is 2.12. The van der Waals surface area contributed by atoms with E-state index in [1.54, 1.807) is 11.1 Å². The van der Waals surface area contributed by atoms with E-state index < -0.39 is 0 Å². The van der Waals surface area contributed by atoms with Gasteiger partial charge < -0.3 is 0 Å². The van der Waals surface area contributed by atoms with Gasteiger partial charge in [0, 0.05) is 0 Å². The van der Waals surface area contributed by atoms with Crippen LogP contribution in [0.15, 0.2) is 36.4 Å². The summed E-state index contributed by atoms with van der Waals surface area (Å²) in [5, 5.41) is 0. The normalized spacial score (nSPS) is 10.8. The van der Waals surface area contributed by atoms with Gasteiger partial charge in [0.15, 0.2) is 0 Å². The quantitative estimate of drug-likeness (QED) is 0.634. The third kappa shape index (κ3) is 2.95. The lowest BCUT2D eigenvalue weighted by atomic mass is 9.87. The minimum Gasteiger partial charge on any atom is -0.0651 e. The molecule has 0 radical (unpaired) electrons. The summed E-state index contributed by atoms with van der Waals surface area (Å²) in [6.45, 7) is 9.11. The molecule has 0 fully saturated rings. The van der Waals surface area contributed by atoms with E-state index in [9.17, 15) is 0 Å². The lowest BCUT2D eigenvalue weighted by molar-refractivity contribution is 0.852. The first kappa shape index (κ1) is 14.8. The zero-order valence-corrected chi connectivity index (χ0v) is 13.3. The summed E-state index contributed by atoms with van der Waals surface area (Å²) >= 11 is 0. The van der Waals surface area contributed by atoms with Gasteiger partial charge in [0.2, 0.25) is 0 Å². The maximum Gasteiger partial charge on any atom is -0.0149 e. The molecule has 0 saturated carbocycles. The van der Waals surface area contributed by atoms with Gasteiger partial charge in [-0.3, -0.25) is 0 Å². The van der Waals surface area contributed by atoms with Gasteiger partial charge in [0.25, 0.3) is 0 Å². The zero-order chi connectivity index (χ0) is 14.5. The predicted octanol–water partition coefficient (Wildman–Crippen LogP) is 5.88. The summed E-state index contributed by atoms with van der Waals surface area (Å²) in [7, 11) is 0. The van der Waals surface area contributed by atoms with Gasteiger partial charge in [-0.25, -0.2) is 0 Å². The Labute approximate surface area is 123 Å². The molecule has 0 aliphatic carbocycles. The molecule has 0 aromatic heterocycles. The van der Waals surface area contributed by atoms with Crippen LogP contribution in [0.5, 0.6) is 0 Å². The molecule has 0 nitrogen and oxygen atoms in total. The van der Waals surface area contributed by atoms with Crippen LogP contribution in [-0.2, 0) is 12.8 Å². The number of hydrogen-bond donors (Lipinski definition) is 0. The number of benzene rings is 2. The van der Waals surface area contributed by atoms with Gasteiger partial charge in [-0.15, -0.1) is 0 Å². The van der Waals surface area contributed by atoms with E-state index in [1.807, 2.05) is 0 Å². The SMILES string of the molecule is CCCc1cc(-c2ccccc2)c(C)c(C)c1CCC. The van der Waals surface area contributed by atoms with Crippen molar-refractivity contribution in [2.75, 3.05) is 0 Å². The Morgan fingerprint density at radius 2 is 1.45 bits per heavy atom. The van der Waals surface area contributed by atoms with Crippen molar-refractivity contribution in [1.29, 1.82) is 0 Å². The Hall–Kier alpha value is -1.56. The van der Waals surface area contributed by atoms with Gasteiger partial charge in [0.05, 0.1) is 0 Å². The second kappa shape index (κ2) is 6.74. The Morgan fingerprint density at radius 3 is 2.05 bits per heavy atom. The molecule has 0 aliphatic heterocycles. The number of rotatable bonds is 5. The van der Waals surface area contributed by atoms with Gasteiger partial charge >= 0.3 is 0 Å². The third-order valence-electron chi connectivity index (χ3n) is 4.23. The average molecular weight is 266 g/mol. The first-order chi connectivity index (χ1) is 9.69. The molecule has 0 unspecified atom stereocenters.